The molecular formula is C16H22N3O4S+. The number of primary amides is 1. The molecule has 0 aliphatic carbocycles. The molecule has 4 saturated heterocycles. The molecule has 0 saturated carbocycles. The number of quaternary nitrogens is 1. The molecule has 5 heterocycles. The van der Waals surface area contributed by atoms with Gasteiger partial charge >= 0.3 is 5.97 Å². The molecule has 0 radical (unpaired) electrons. The van der Waals surface area contributed by atoms with Crippen molar-refractivity contribution in [1.82, 2.24) is 4.90 Å². The normalized spacial score (nSPS) is 37.9. The smallest absolute Gasteiger partial charge is 0.352 e. The molecule has 4 fully saturated rings. The van der Waals surface area contributed by atoms with Crippen LogP contribution in [-0.4, -0.2) is 69.6 Å². The molecule has 3 N–H and O–H groups in total. The van der Waals surface area contributed by atoms with Crippen LogP contribution in [0, 0.1) is 5.41 Å². The van der Waals surface area contributed by atoms with Crippen LogP contribution in [0.4, 0.5) is 0 Å². The van der Waals surface area contributed by atoms with Crippen LogP contribution in [-0.2, 0) is 14.4 Å². The van der Waals surface area contributed by atoms with Crippen molar-refractivity contribution in [3.05, 3.63) is 11.3 Å². The van der Waals surface area contributed by atoms with Crippen molar-refractivity contribution in [2.45, 2.75) is 31.1 Å². The number of amides is 2. The van der Waals surface area contributed by atoms with E-state index in [0.717, 1.165) is 49.0 Å². The SMILES string of the molecule is NC(=O)C12CC[N+](CC3=C(C(=O)O)N4C(=O)C[C@@H]4SC3)(CC1)CC2. The number of aliphatic carboxylic acids is 1. The van der Waals surface area contributed by atoms with Gasteiger partial charge in [-0.3, -0.25) is 14.5 Å². The zero-order chi connectivity index (χ0) is 17.1. The van der Waals surface area contributed by atoms with Crippen LogP contribution in [0.1, 0.15) is 25.7 Å². The lowest BCUT2D eigenvalue weighted by molar-refractivity contribution is -0.940. The lowest BCUT2D eigenvalue weighted by Gasteiger charge is -2.54. The Labute approximate surface area is 144 Å². The lowest BCUT2D eigenvalue weighted by Crippen LogP contribution is -2.65. The van der Waals surface area contributed by atoms with Crippen molar-refractivity contribution in [3.63, 3.8) is 0 Å². The highest BCUT2D eigenvalue weighted by Crippen LogP contribution is 2.46. The number of fused-ring (bicyclic) bond motifs is 4. The van der Waals surface area contributed by atoms with Crippen LogP contribution < -0.4 is 5.73 Å². The Morgan fingerprint density at radius 2 is 1.92 bits per heavy atom. The van der Waals surface area contributed by atoms with E-state index in [1.165, 1.54) is 4.90 Å². The number of carboxylic acid groups (broad SMARTS) is 1. The first-order chi connectivity index (χ1) is 11.4. The molecule has 24 heavy (non-hydrogen) atoms. The first-order valence-electron chi connectivity index (χ1n) is 8.40. The van der Waals surface area contributed by atoms with Crippen molar-refractivity contribution in [2.24, 2.45) is 11.1 Å². The van der Waals surface area contributed by atoms with Crippen molar-refractivity contribution < 1.29 is 24.0 Å². The van der Waals surface area contributed by atoms with Crippen molar-refractivity contribution in [3.8, 4) is 0 Å². The first-order valence-corrected chi connectivity index (χ1v) is 9.45. The maximum absolute atomic E-state index is 11.9. The molecule has 0 unspecified atom stereocenters. The molecule has 8 heteroatoms. The molecular weight excluding hydrogens is 330 g/mol. The predicted octanol–water partition coefficient (Wildman–Crippen LogP) is 0.116. The van der Waals surface area contributed by atoms with Crippen LogP contribution >= 0.6 is 11.8 Å². The summed E-state index contributed by atoms with van der Waals surface area (Å²) in [5.41, 5.74) is 6.33. The zero-order valence-corrected chi connectivity index (χ0v) is 14.3. The minimum atomic E-state index is -0.998. The second-order valence-electron chi connectivity index (χ2n) is 7.56. The number of hydrogen-bond acceptors (Lipinski definition) is 4. The molecule has 0 aromatic carbocycles. The van der Waals surface area contributed by atoms with E-state index >= 15 is 0 Å². The average Bonchev–Trinajstić information content (AvgIpc) is 2.56. The molecule has 7 nitrogen and oxygen atoms in total. The Hall–Kier alpha value is -1.54. The van der Waals surface area contributed by atoms with Crippen molar-refractivity contribution in [1.29, 1.82) is 0 Å². The van der Waals surface area contributed by atoms with Gasteiger partial charge < -0.3 is 15.3 Å². The maximum Gasteiger partial charge on any atom is 0.352 e. The number of carbonyl (C=O) groups excluding carboxylic acids is 2. The fraction of sp³-hybridized carbons (Fsp3) is 0.688. The van der Waals surface area contributed by atoms with Crippen molar-refractivity contribution in [2.75, 3.05) is 31.9 Å². The van der Waals surface area contributed by atoms with Gasteiger partial charge in [0.2, 0.25) is 11.8 Å². The first kappa shape index (κ1) is 16.0. The van der Waals surface area contributed by atoms with Gasteiger partial charge in [-0.2, -0.15) is 0 Å². The number of thioether (sulfide) groups is 1. The van der Waals surface area contributed by atoms with E-state index in [0.29, 0.717) is 18.7 Å². The number of nitrogens with two attached hydrogens (primary N) is 1. The quantitative estimate of drug-likeness (QED) is 0.553. The van der Waals surface area contributed by atoms with E-state index < -0.39 is 5.97 Å². The summed E-state index contributed by atoms with van der Waals surface area (Å²) in [6, 6.07) is 0. The largest absolute Gasteiger partial charge is 0.477 e. The molecule has 0 aromatic heterocycles. The second-order valence-corrected chi connectivity index (χ2v) is 8.72. The van der Waals surface area contributed by atoms with E-state index in [4.69, 9.17) is 5.73 Å². The maximum atomic E-state index is 11.9. The fourth-order valence-corrected chi connectivity index (χ4v) is 5.93. The Morgan fingerprint density at radius 1 is 1.29 bits per heavy atom. The van der Waals surface area contributed by atoms with Crippen molar-refractivity contribution >= 4 is 29.5 Å². The molecule has 2 amide bonds. The van der Waals surface area contributed by atoms with E-state index in [1.807, 2.05) is 0 Å². The van der Waals surface area contributed by atoms with Gasteiger partial charge in [0.15, 0.2) is 0 Å². The van der Waals surface area contributed by atoms with Gasteiger partial charge in [-0.15, -0.1) is 11.8 Å². The summed E-state index contributed by atoms with van der Waals surface area (Å²) < 4.78 is 0.828. The van der Waals surface area contributed by atoms with Gasteiger partial charge in [-0.25, -0.2) is 4.79 Å². The minimum absolute atomic E-state index is 0.00225. The molecule has 5 aliphatic rings. The minimum Gasteiger partial charge on any atom is -0.477 e. The van der Waals surface area contributed by atoms with Crippen LogP contribution in [0.5, 0.6) is 0 Å². The van der Waals surface area contributed by atoms with E-state index in [1.54, 1.807) is 11.8 Å². The monoisotopic (exact) mass is 352 g/mol. The highest BCUT2D eigenvalue weighted by Gasteiger charge is 2.53. The van der Waals surface area contributed by atoms with Crippen LogP contribution in [0.15, 0.2) is 11.3 Å². The van der Waals surface area contributed by atoms with Gasteiger partial charge in [0.1, 0.15) is 12.2 Å². The third-order valence-corrected chi connectivity index (χ3v) is 7.65. The molecule has 0 spiro atoms. The fourth-order valence-electron chi connectivity index (χ4n) is 4.68. The van der Waals surface area contributed by atoms with E-state index in [2.05, 4.69) is 0 Å². The standard InChI is InChI=1S/C16H21N3O4S/c17-15(23)16-1-4-19(5-2-16,6-3-16)8-10-9-24-12-7-11(20)18(12)13(10)14(21)22/h12H,1-9H2,(H2-,17,21,22,23)/p+1/t12-,16?,19?/m0/s1. The molecule has 0 aromatic rings. The summed E-state index contributed by atoms with van der Waals surface area (Å²) in [6.07, 6.45) is 2.80. The Bertz CT molecular complexity index is 650. The summed E-state index contributed by atoms with van der Waals surface area (Å²) in [6.45, 7) is 3.25. The second kappa shape index (κ2) is 5.23. The Kier molecular flexibility index (Phi) is 3.47. The van der Waals surface area contributed by atoms with Gasteiger partial charge in [-0.05, 0) is 0 Å². The topological polar surface area (TPSA) is 101 Å². The third-order valence-electron chi connectivity index (χ3n) is 6.38. The van der Waals surface area contributed by atoms with Crippen LogP contribution in [0.25, 0.3) is 0 Å². The number of nitrogens with zero attached hydrogens (tertiary/aromatic N) is 2. The van der Waals surface area contributed by atoms with E-state index in [-0.39, 0.29) is 28.3 Å². The number of hydrogen-bond donors (Lipinski definition) is 2. The molecule has 5 aliphatic heterocycles. The Morgan fingerprint density at radius 3 is 2.42 bits per heavy atom. The number of carbonyl (C=O) groups is 3. The summed E-state index contributed by atoms with van der Waals surface area (Å²) in [4.78, 5) is 36.8. The number of piperidine rings is 3. The third kappa shape index (κ3) is 2.19. The van der Waals surface area contributed by atoms with Crippen LogP contribution in [0.2, 0.25) is 0 Å². The average molecular weight is 352 g/mol. The molecule has 1 atom stereocenters. The Balaban J connectivity index is 1.59. The van der Waals surface area contributed by atoms with Gasteiger partial charge in [0, 0.05) is 30.6 Å². The molecule has 2 bridgehead atoms. The zero-order valence-electron chi connectivity index (χ0n) is 13.5. The summed E-state index contributed by atoms with van der Waals surface area (Å²) >= 11 is 1.66. The summed E-state index contributed by atoms with van der Waals surface area (Å²) in [5, 5.41) is 9.63. The summed E-state index contributed by atoms with van der Waals surface area (Å²) in [7, 11) is 0. The molecule has 5 rings (SSSR count). The van der Waals surface area contributed by atoms with Gasteiger partial charge in [0.05, 0.1) is 36.8 Å². The van der Waals surface area contributed by atoms with Gasteiger partial charge in [0.25, 0.3) is 0 Å². The van der Waals surface area contributed by atoms with Gasteiger partial charge in [-0.1, -0.05) is 0 Å². The highest BCUT2D eigenvalue weighted by molar-refractivity contribution is 8.00. The summed E-state index contributed by atoms with van der Waals surface area (Å²) in [5.74, 6) is -0.598. The number of β-lactam (4-membered cyclic amide) rings is 1. The predicted molar refractivity (Wildman–Crippen MR) is 87.6 cm³/mol. The van der Waals surface area contributed by atoms with Crippen LogP contribution in [0.3, 0.4) is 0 Å². The number of rotatable bonds is 4. The number of carboxylic acids is 1. The van der Waals surface area contributed by atoms with E-state index in [9.17, 15) is 19.5 Å². The highest BCUT2D eigenvalue weighted by atomic mass is 32.2. The molecule has 130 valence electrons. The lowest BCUT2D eigenvalue weighted by atomic mass is 9.70.